The molecular weight excluding hydrogens is 470 g/mol. The molecule has 1 aliphatic rings. The smallest absolute Gasteiger partial charge is 0.413 e. The molecule has 1 atom stereocenters. The zero-order valence-electron chi connectivity index (χ0n) is 17.4. The molecule has 0 aliphatic carbocycles. The molecule has 4 aromatic rings. The number of H-pyrrole nitrogens is 1. The SMILES string of the molecule is CN(C(=O)O)c1nc2ccc(C3(O)c4c(F)cccc4C(=O)N3c3cccc(Cl)c3F)cc2[nH]1. The molecule has 2 heterocycles. The summed E-state index contributed by atoms with van der Waals surface area (Å²) in [5.74, 6) is -2.64. The zero-order valence-corrected chi connectivity index (χ0v) is 18.1. The quantitative estimate of drug-likeness (QED) is 0.397. The largest absolute Gasteiger partial charge is 0.465 e. The lowest BCUT2D eigenvalue weighted by atomic mass is 9.92. The molecule has 0 radical (unpaired) electrons. The van der Waals surface area contributed by atoms with Crippen LogP contribution in [0.1, 0.15) is 21.5 Å². The van der Waals surface area contributed by atoms with Crippen LogP contribution in [-0.4, -0.2) is 39.2 Å². The third kappa shape index (κ3) is 2.96. The van der Waals surface area contributed by atoms with Crippen LogP contribution in [0.4, 0.5) is 25.2 Å². The van der Waals surface area contributed by atoms with Gasteiger partial charge in [0.05, 0.1) is 32.9 Å². The summed E-state index contributed by atoms with van der Waals surface area (Å²) in [6.45, 7) is 0. The molecule has 0 spiro atoms. The Morgan fingerprint density at radius 3 is 2.65 bits per heavy atom. The molecule has 0 saturated carbocycles. The molecule has 1 unspecified atom stereocenters. The number of hydrogen-bond acceptors (Lipinski definition) is 4. The maximum absolute atomic E-state index is 15.1. The van der Waals surface area contributed by atoms with Crippen molar-refractivity contribution in [2.45, 2.75) is 5.72 Å². The molecule has 3 N–H and O–H groups in total. The summed E-state index contributed by atoms with van der Waals surface area (Å²) >= 11 is 5.92. The number of fused-ring (bicyclic) bond motifs is 2. The topological polar surface area (TPSA) is 110 Å². The van der Waals surface area contributed by atoms with Crippen molar-refractivity contribution in [1.29, 1.82) is 0 Å². The van der Waals surface area contributed by atoms with Crippen molar-refractivity contribution in [2.24, 2.45) is 0 Å². The van der Waals surface area contributed by atoms with Crippen LogP contribution in [0.5, 0.6) is 0 Å². The zero-order chi connectivity index (χ0) is 24.4. The van der Waals surface area contributed by atoms with E-state index < -0.39 is 29.4 Å². The number of hydrogen-bond donors (Lipinski definition) is 3. The van der Waals surface area contributed by atoms with Crippen LogP contribution in [0.3, 0.4) is 0 Å². The Morgan fingerprint density at radius 1 is 1.18 bits per heavy atom. The number of carboxylic acid groups (broad SMARTS) is 1. The van der Waals surface area contributed by atoms with Gasteiger partial charge in [0.15, 0.2) is 5.82 Å². The number of carbonyl (C=O) groups is 2. The lowest BCUT2D eigenvalue weighted by Crippen LogP contribution is -2.45. The van der Waals surface area contributed by atoms with Crippen molar-refractivity contribution >= 4 is 46.3 Å². The fraction of sp³-hybridized carbons (Fsp3) is 0.0870. The van der Waals surface area contributed by atoms with Gasteiger partial charge in [-0.05, 0) is 36.4 Å². The lowest BCUT2D eigenvalue weighted by Gasteiger charge is -2.35. The van der Waals surface area contributed by atoms with E-state index in [2.05, 4.69) is 9.97 Å². The number of benzene rings is 3. The summed E-state index contributed by atoms with van der Waals surface area (Å²) < 4.78 is 30.1. The fourth-order valence-electron chi connectivity index (χ4n) is 4.12. The van der Waals surface area contributed by atoms with Gasteiger partial charge < -0.3 is 15.2 Å². The number of nitrogens with zero attached hydrogens (tertiary/aromatic N) is 3. The molecule has 172 valence electrons. The van der Waals surface area contributed by atoms with Gasteiger partial charge in [-0.25, -0.2) is 18.6 Å². The lowest BCUT2D eigenvalue weighted by molar-refractivity contribution is 0.0681. The predicted octanol–water partition coefficient (Wildman–Crippen LogP) is 4.46. The van der Waals surface area contributed by atoms with Crippen LogP contribution < -0.4 is 9.80 Å². The van der Waals surface area contributed by atoms with E-state index in [4.69, 9.17) is 11.6 Å². The van der Waals surface area contributed by atoms with Gasteiger partial charge in [-0.15, -0.1) is 0 Å². The summed E-state index contributed by atoms with van der Waals surface area (Å²) in [6.07, 6.45) is -1.25. The van der Waals surface area contributed by atoms with Crippen LogP contribution in [0.25, 0.3) is 11.0 Å². The van der Waals surface area contributed by atoms with Crippen LogP contribution in [0, 0.1) is 11.6 Å². The standard InChI is InChI=1S/C23H15ClF2N4O4/c1-29(22(32)33)21-27-15-9-8-11(10-16(15)28-21)23(34)18-12(4-2-6-14(18)25)20(31)30(23)17-7-3-5-13(24)19(17)26/h2-10,34H,1H3,(H,27,28)(H,32,33). The Labute approximate surface area is 195 Å². The molecule has 5 rings (SSSR count). The highest BCUT2D eigenvalue weighted by molar-refractivity contribution is 6.31. The molecule has 3 aromatic carbocycles. The summed E-state index contributed by atoms with van der Waals surface area (Å²) in [6, 6.07) is 11.9. The molecule has 0 saturated heterocycles. The highest BCUT2D eigenvalue weighted by Crippen LogP contribution is 2.47. The normalized spacial score (nSPS) is 17.3. The number of carbonyl (C=O) groups excluding carboxylic acids is 1. The molecular formula is C23H15ClF2N4O4. The van der Waals surface area contributed by atoms with E-state index in [1.54, 1.807) is 0 Å². The summed E-state index contributed by atoms with van der Waals surface area (Å²) in [5.41, 5.74) is -2.59. The highest BCUT2D eigenvalue weighted by atomic mass is 35.5. The van der Waals surface area contributed by atoms with E-state index in [0.717, 1.165) is 15.9 Å². The van der Waals surface area contributed by atoms with Gasteiger partial charge in [0.2, 0.25) is 11.7 Å². The first-order valence-corrected chi connectivity index (χ1v) is 10.3. The Bertz CT molecular complexity index is 1510. The molecule has 0 bridgehead atoms. The van der Waals surface area contributed by atoms with Crippen LogP contribution in [0.15, 0.2) is 54.6 Å². The summed E-state index contributed by atoms with van der Waals surface area (Å²) in [4.78, 5) is 33.2. The molecule has 11 heteroatoms. The van der Waals surface area contributed by atoms with Crippen molar-refractivity contribution in [3.05, 3.63) is 87.9 Å². The average molecular weight is 485 g/mol. The number of rotatable bonds is 3. The first kappa shape index (κ1) is 21.8. The van der Waals surface area contributed by atoms with Gasteiger partial charge in [-0.1, -0.05) is 29.8 Å². The van der Waals surface area contributed by atoms with Crippen LogP contribution in [0.2, 0.25) is 5.02 Å². The van der Waals surface area contributed by atoms with E-state index in [9.17, 15) is 19.8 Å². The Hall–Kier alpha value is -4.02. The van der Waals surface area contributed by atoms with Crippen molar-refractivity contribution in [2.75, 3.05) is 16.8 Å². The molecule has 1 aliphatic heterocycles. The maximum Gasteiger partial charge on any atom is 0.413 e. The van der Waals surface area contributed by atoms with E-state index in [-0.39, 0.29) is 33.3 Å². The van der Waals surface area contributed by atoms with Crippen LogP contribution in [-0.2, 0) is 5.72 Å². The second-order valence-corrected chi connectivity index (χ2v) is 8.09. The summed E-state index contributed by atoms with van der Waals surface area (Å²) in [7, 11) is 1.29. The first-order chi connectivity index (χ1) is 16.1. The fourth-order valence-corrected chi connectivity index (χ4v) is 4.29. The molecule has 34 heavy (non-hydrogen) atoms. The van der Waals surface area contributed by atoms with E-state index >= 15 is 8.78 Å². The minimum Gasteiger partial charge on any atom is -0.465 e. The number of anilines is 2. The van der Waals surface area contributed by atoms with Gasteiger partial charge in [0.25, 0.3) is 5.91 Å². The molecule has 0 fully saturated rings. The van der Waals surface area contributed by atoms with Crippen molar-refractivity contribution < 1.29 is 28.6 Å². The van der Waals surface area contributed by atoms with Crippen molar-refractivity contribution in [3.63, 3.8) is 0 Å². The van der Waals surface area contributed by atoms with Gasteiger partial charge in [0.1, 0.15) is 5.82 Å². The third-order valence-corrected chi connectivity index (χ3v) is 6.06. The molecule has 2 amide bonds. The van der Waals surface area contributed by atoms with Gasteiger partial charge in [0, 0.05) is 12.6 Å². The Balaban J connectivity index is 1.77. The van der Waals surface area contributed by atoms with E-state index in [0.29, 0.717) is 11.0 Å². The number of nitrogens with one attached hydrogen (secondary N) is 1. The van der Waals surface area contributed by atoms with E-state index in [1.165, 1.54) is 55.6 Å². The van der Waals surface area contributed by atoms with Gasteiger partial charge in [-0.2, -0.15) is 0 Å². The minimum atomic E-state index is -2.44. The minimum absolute atomic E-state index is 0.0125. The maximum atomic E-state index is 15.1. The Kier molecular flexibility index (Phi) is 4.81. The van der Waals surface area contributed by atoms with Crippen molar-refractivity contribution in [1.82, 2.24) is 9.97 Å². The molecule has 1 aromatic heterocycles. The number of aromatic amines is 1. The van der Waals surface area contributed by atoms with Gasteiger partial charge >= 0.3 is 6.09 Å². The summed E-state index contributed by atoms with van der Waals surface area (Å²) in [5, 5.41) is 20.9. The second kappa shape index (κ2) is 7.51. The highest BCUT2D eigenvalue weighted by Gasteiger charge is 2.53. The number of imidazole rings is 1. The average Bonchev–Trinajstić information content (AvgIpc) is 3.33. The predicted molar refractivity (Wildman–Crippen MR) is 120 cm³/mol. The first-order valence-electron chi connectivity index (χ1n) is 9.91. The monoisotopic (exact) mass is 484 g/mol. The number of aliphatic hydroxyl groups is 1. The van der Waals surface area contributed by atoms with Crippen molar-refractivity contribution in [3.8, 4) is 0 Å². The van der Waals surface area contributed by atoms with Crippen LogP contribution >= 0.6 is 11.6 Å². The number of aromatic nitrogens is 2. The van der Waals surface area contributed by atoms with E-state index in [1.807, 2.05) is 0 Å². The number of halogens is 3. The third-order valence-electron chi connectivity index (χ3n) is 5.77. The Morgan fingerprint density at radius 2 is 1.91 bits per heavy atom. The van der Waals surface area contributed by atoms with Gasteiger partial charge in [-0.3, -0.25) is 14.6 Å². The second-order valence-electron chi connectivity index (χ2n) is 7.68. The molecule has 8 nitrogen and oxygen atoms in total. The number of amides is 2.